The quantitative estimate of drug-likeness (QED) is 0.484. The van der Waals surface area contributed by atoms with Gasteiger partial charge in [-0.3, -0.25) is 4.79 Å². The summed E-state index contributed by atoms with van der Waals surface area (Å²) >= 11 is 0. The highest BCUT2D eigenvalue weighted by atomic mass is 16.5. The van der Waals surface area contributed by atoms with Gasteiger partial charge < -0.3 is 15.0 Å². The van der Waals surface area contributed by atoms with Crippen molar-refractivity contribution in [3.8, 4) is 5.75 Å². The molecule has 4 nitrogen and oxygen atoms in total. The molecule has 0 aromatic heterocycles. The van der Waals surface area contributed by atoms with Gasteiger partial charge in [-0.1, -0.05) is 67.6 Å². The van der Waals surface area contributed by atoms with Gasteiger partial charge in [0.2, 0.25) is 5.91 Å². The Labute approximate surface area is 179 Å². The van der Waals surface area contributed by atoms with Crippen LogP contribution in [0.2, 0.25) is 0 Å². The van der Waals surface area contributed by atoms with Gasteiger partial charge in [-0.2, -0.15) is 0 Å². The fraction of sp³-hybridized carbons (Fsp3) is 0.269. The van der Waals surface area contributed by atoms with Crippen molar-refractivity contribution in [2.75, 3.05) is 24.6 Å². The molecule has 3 aromatic carbocycles. The third-order valence-electron chi connectivity index (χ3n) is 5.11. The van der Waals surface area contributed by atoms with Crippen LogP contribution in [-0.2, 0) is 4.79 Å². The lowest BCUT2D eigenvalue weighted by Gasteiger charge is -2.27. The Morgan fingerprint density at radius 1 is 0.933 bits per heavy atom. The molecule has 156 valence electrons. The van der Waals surface area contributed by atoms with Gasteiger partial charge in [0.05, 0.1) is 12.3 Å². The van der Waals surface area contributed by atoms with E-state index in [1.165, 1.54) is 12.5 Å². The molecule has 0 bridgehead atoms. The minimum Gasteiger partial charge on any atom is -0.491 e. The summed E-state index contributed by atoms with van der Waals surface area (Å²) in [5, 5.41) is 2.89. The summed E-state index contributed by atoms with van der Waals surface area (Å²) in [6.07, 6.45) is 0.940. The number of hydrogen-bond acceptors (Lipinski definition) is 3. The first-order chi connectivity index (χ1) is 14.6. The summed E-state index contributed by atoms with van der Waals surface area (Å²) in [7, 11) is 0. The minimum atomic E-state index is -0.0255. The van der Waals surface area contributed by atoms with E-state index < -0.39 is 0 Å². The molecule has 0 aliphatic heterocycles. The zero-order valence-electron chi connectivity index (χ0n) is 17.8. The molecule has 0 fully saturated rings. The molecule has 0 saturated carbocycles. The van der Waals surface area contributed by atoms with Crippen molar-refractivity contribution in [2.45, 2.75) is 26.2 Å². The van der Waals surface area contributed by atoms with Crippen molar-refractivity contribution in [3.63, 3.8) is 0 Å². The largest absolute Gasteiger partial charge is 0.491 e. The van der Waals surface area contributed by atoms with Crippen LogP contribution in [-0.4, -0.2) is 25.6 Å². The number of nitrogens with zero attached hydrogens (tertiary/aromatic N) is 1. The Balaban J connectivity index is 1.72. The zero-order chi connectivity index (χ0) is 21.2. The molecule has 1 amide bonds. The molecule has 1 N–H and O–H groups in total. The predicted molar refractivity (Wildman–Crippen MR) is 124 cm³/mol. The highest BCUT2D eigenvalue weighted by molar-refractivity contribution is 5.73. The first-order valence-corrected chi connectivity index (χ1v) is 10.5. The number of carbonyl (C=O) groups is 1. The zero-order valence-corrected chi connectivity index (χ0v) is 17.8. The fourth-order valence-corrected chi connectivity index (χ4v) is 3.44. The topological polar surface area (TPSA) is 41.6 Å². The lowest BCUT2D eigenvalue weighted by atomic mass is 9.98. The Bertz CT molecular complexity index is 913. The number of carbonyl (C=O) groups excluding carboxylic acids is 1. The Hall–Kier alpha value is -3.27. The number of benzene rings is 3. The van der Waals surface area contributed by atoms with E-state index in [4.69, 9.17) is 4.74 Å². The van der Waals surface area contributed by atoms with Crippen LogP contribution < -0.4 is 15.0 Å². The molecule has 3 rings (SSSR count). The molecule has 0 spiro atoms. The molecule has 30 heavy (non-hydrogen) atoms. The van der Waals surface area contributed by atoms with Crippen molar-refractivity contribution in [2.24, 2.45) is 0 Å². The van der Waals surface area contributed by atoms with E-state index in [0.717, 1.165) is 23.5 Å². The summed E-state index contributed by atoms with van der Waals surface area (Å²) in [4.78, 5) is 13.5. The van der Waals surface area contributed by atoms with Crippen LogP contribution in [0.1, 0.15) is 31.7 Å². The Kier molecular flexibility index (Phi) is 7.90. The SMILES string of the molecule is CC(=O)NCCN(c1ccccc1)c1ccccc1OCCC(C)c1ccccc1. The van der Waals surface area contributed by atoms with Crippen LogP contribution in [0, 0.1) is 0 Å². The highest BCUT2D eigenvalue weighted by Crippen LogP contribution is 2.33. The van der Waals surface area contributed by atoms with Crippen LogP contribution >= 0.6 is 0 Å². The second kappa shape index (κ2) is 11.1. The molecule has 0 heterocycles. The molecule has 0 aliphatic carbocycles. The van der Waals surface area contributed by atoms with Crippen molar-refractivity contribution in [1.29, 1.82) is 0 Å². The van der Waals surface area contributed by atoms with Gasteiger partial charge in [-0.25, -0.2) is 0 Å². The lowest BCUT2D eigenvalue weighted by Crippen LogP contribution is -2.31. The Morgan fingerprint density at radius 3 is 2.27 bits per heavy atom. The van der Waals surface area contributed by atoms with Gasteiger partial charge in [-0.15, -0.1) is 0 Å². The van der Waals surface area contributed by atoms with Crippen molar-refractivity contribution in [3.05, 3.63) is 90.5 Å². The van der Waals surface area contributed by atoms with Crippen LogP contribution in [0.5, 0.6) is 5.75 Å². The summed E-state index contributed by atoms with van der Waals surface area (Å²) in [5.74, 6) is 1.26. The highest BCUT2D eigenvalue weighted by Gasteiger charge is 2.15. The number of nitrogens with one attached hydrogen (secondary N) is 1. The number of anilines is 2. The van der Waals surface area contributed by atoms with E-state index in [0.29, 0.717) is 25.6 Å². The number of ether oxygens (including phenoxy) is 1. The van der Waals surface area contributed by atoms with E-state index in [2.05, 4.69) is 59.6 Å². The van der Waals surface area contributed by atoms with Crippen molar-refractivity contribution >= 4 is 17.3 Å². The van der Waals surface area contributed by atoms with E-state index in [-0.39, 0.29) is 5.91 Å². The molecular weight excluding hydrogens is 372 g/mol. The van der Waals surface area contributed by atoms with Gasteiger partial charge in [0, 0.05) is 25.7 Å². The molecule has 1 atom stereocenters. The number of amides is 1. The molecule has 1 unspecified atom stereocenters. The second-order valence-corrected chi connectivity index (χ2v) is 7.39. The summed E-state index contributed by atoms with van der Waals surface area (Å²) in [6, 6.07) is 28.8. The maximum Gasteiger partial charge on any atom is 0.216 e. The normalized spacial score (nSPS) is 11.5. The first kappa shape index (κ1) is 21.4. The molecule has 4 heteroatoms. The summed E-state index contributed by atoms with van der Waals surface area (Å²) in [6.45, 7) is 5.63. The third kappa shape index (κ3) is 6.11. The van der Waals surface area contributed by atoms with Crippen LogP contribution in [0.4, 0.5) is 11.4 Å². The van der Waals surface area contributed by atoms with E-state index >= 15 is 0 Å². The van der Waals surface area contributed by atoms with Gasteiger partial charge in [-0.05, 0) is 42.2 Å². The molecule has 0 saturated heterocycles. The van der Waals surface area contributed by atoms with Crippen LogP contribution in [0.3, 0.4) is 0 Å². The van der Waals surface area contributed by atoms with Crippen LogP contribution in [0.15, 0.2) is 84.9 Å². The molecule has 0 aliphatic rings. The molecular formula is C26H30N2O2. The number of rotatable bonds is 10. The predicted octanol–water partition coefficient (Wildman–Crippen LogP) is 5.53. The molecule has 0 radical (unpaired) electrons. The third-order valence-corrected chi connectivity index (χ3v) is 5.11. The summed E-state index contributed by atoms with van der Waals surface area (Å²) < 4.78 is 6.23. The second-order valence-electron chi connectivity index (χ2n) is 7.39. The number of para-hydroxylation sites is 3. The van der Waals surface area contributed by atoms with Crippen molar-refractivity contribution < 1.29 is 9.53 Å². The van der Waals surface area contributed by atoms with E-state index in [1.807, 2.05) is 42.5 Å². The smallest absolute Gasteiger partial charge is 0.216 e. The lowest BCUT2D eigenvalue weighted by molar-refractivity contribution is -0.118. The average Bonchev–Trinajstić information content (AvgIpc) is 2.78. The monoisotopic (exact) mass is 402 g/mol. The fourth-order valence-electron chi connectivity index (χ4n) is 3.44. The average molecular weight is 403 g/mol. The Morgan fingerprint density at radius 2 is 1.57 bits per heavy atom. The van der Waals surface area contributed by atoms with Gasteiger partial charge >= 0.3 is 0 Å². The van der Waals surface area contributed by atoms with E-state index in [1.54, 1.807) is 0 Å². The summed E-state index contributed by atoms with van der Waals surface area (Å²) in [5.41, 5.74) is 3.40. The van der Waals surface area contributed by atoms with Crippen molar-refractivity contribution in [1.82, 2.24) is 5.32 Å². The number of hydrogen-bond donors (Lipinski definition) is 1. The minimum absolute atomic E-state index is 0.0255. The van der Waals surface area contributed by atoms with Gasteiger partial charge in [0.15, 0.2) is 0 Å². The standard InChI is InChI=1S/C26H30N2O2/c1-21(23-11-5-3-6-12-23)17-20-30-26-16-10-9-15-25(26)28(19-18-27-22(2)29)24-13-7-4-8-14-24/h3-16,21H,17-20H2,1-2H3,(H,27,29). The molecule has 3 aromatic rings. The van der Waals surface area contributed by atoms with Gasteiger partial charge in [0.1, 0.15) is 5.75 Å². The maximum atomic E-state index is 11.3. The van der Waals surface area contributed by atoms with Crippen LogP contribution in [0.25, 0.3) is 0 Å². The van der Waals surface area contributed by atoms with Gasteiger partial charge in [0.25, 0.3) is 0 Å². The maximum absolute atomic E-state index is 11.3. The first-order valence-electron chi connectivity index (χ1n) is 10.5. The van der Waals surface area contributed by atoms with E-state index in [9.17, 15) is 4.79 Å².